The van der Waals surface area contributed by atoms with E-state index in [9.17, 15) is 4.79 Å². The third-order valence-corrected chi connectivity index (χ3v) is 5.64. The fourth-order valence-corrected chi connectivity index (χ4v) is 3.80. The summed E-state index contributed by atoms with van der Waals surface area (Å²) in [4.78, 5) is 17.0. The van der Waals surface area contributed by atoms with Gasteiger partial charge in [-0.15, -0.1) is 10.2 Å². The van der Waals surface area contributed by atoms with Crippen molar-refractivity contribution in [3.8, 4) is 0 Å². The van der Waals surface area contributed by atoms with E-state index in [0.29, 0.717) is 5.56 Å². The van der Waals surface area contributed by atoms with Crippen LogP contribution in [0.3, 0.4) is 0 Å². The lowest BCUT2D eigenvalue weighted by molar-refractivity contribution is 0.102. The Labute approximate surface area is 167 Å². The second-order valence-corrected chi connectivity index (χ2v) is 7.78. The summed E-state index contributed by atoms with van der Waals surface area (Å²) in [6, 6.07) is 17.2. The van der Waals surface area contributed by atoms with Crippen molar-refractivity contribution in [2.45, 2.75) is 17.3 Å². The average Bonchev–Trinajstić information content (AvgIpc) is 3.12. The fourth-order valence-electron chi connectivity index (χ4n) is 2.89. The Morgan fingerprint density at radius 3 is 2.86 bits per heavy atom. The van der Waals surface area contributed by atoms with Gasteiger partial charge in [0.25, 0.3) is 5.91 Å². The van der Waals surface area contributed by atoms with Gasteiger partial charge in [-0.2, -0.15) is 0 Å². The van der Waals surface area contributed by atoms with Gasteiger partial charge >= 0.3 is 0 Å². The molecule has 1 unspecified atom stereocenters. The summed E-state index contributed by atoms with van der Waals surface area (Å²) in [6.07, 6.45) is 3.43. The lowest BCUT2D eigenvalue weighted by atomic mass is 10.1. The molecular formula is C21H19N5OS. The van der Waals surface area contributed by atoms with Crippen molar-refractivity contribution in [2.24, 2.45) is 7.05 Å². The van der Waals surface area contributed by atoms with Gasteiger partial charge in [0.1, 0.15) is 6.33 Å². The van der Waals surface area contributed by atoms with Gasteiger partial charge < -0.3 is 9.88 Å². The molecule has 2 aromatic carbocycles. The van der Waals surface area contributed by atoms with Crippen LogP contribution in [0.2, 0.25) is 0 Å². The molecule has 1 atom stereocenters. The van der Waals surface area contributed by atoms with Crippen molar-refractivity contribution >= 4 is 34.3 Å². The van der Waals surface area contributed by atoms with E-state index in [4.69, 9.17) is 0 Å². The number of anilines is 1. The van der Waals surface area contributed by atoms with Crippen LogP contribution in [-0.4, -0.2) is 25.7 Å². The second-order valence-electron chi connectivity index (χ2n) is 6.47. The third-order valence-electron chi connectivity index (χ3n) is 4.43. The molecule has 0 aliphatic rings. The lowest BCUT2D eigenvalue weighted by Crippen LogP contribution is -2.12. The van der Waals surface area contributed by atoms with Crippen LogP contribution in [0.1, 0.15) is 28.1 Å². The number of thioether (sulfide) groups is 1. The first-order valence-corrected chi connectivity index (χ1v) is 9.75. The fraction of sp³-hybridized carbons (Fsp3) is 0.143. The molecule has 0 radical (unpaired) electrons. The molecule has 28 heavy (non-hydrogen) atoms. The molecule has 7 heteroatoms. The van der Waals surface area contributed by atoms with Gasteiger partial charge in [0, 0.05) is 35.1 Å². The highest BCUT2D eigenvalue weighted by Crippen LogP contribution is 2.34. The van der Waals surface area contributed by atoms with Crippen molar-refractivity contribution in [2.75, 3.05) is 5.32 Å². The first-order valence-electron chi connectivity index (χ1n) is 8.87. The van der Waals surface area contributed by atoms with E-state index in [1.807, 2.05) is 60.1 Å². The van der Waals surface area contributed by atoms with E-state index < -0.39 is 0 Å². The summed E-state index contributed by atoms with van der Waals surface area (Å²) in [5, 5.41) is 13.0. The highest BCUT2D eigenvalue weighted by Gasteiger charge is 2.13. The highest BCUT2D eigenvalue weighted by atomic mass is 32.2. The predicted octanol–water partition coefficient (Wildman–Crippen LogP) is 4.47. The van der Waals surface area contributed by atoms with E-state index in [2.05, 4.69) is 27.4 Å². The SMILES string of the molecule is CC(Sc1nncn1C)c1cccc(NC(=O)c2ccc3ncccc3c2)c1. The number of carbonyl (C=O) groups is 1. The predicted molar refractivity (Wildman–Crippen MR) is 111 cm³/mol. The zero-order valence-corrected chi connectivity index (χ0v) is 16.4. The zero-order valence-electron chi connectivity index (χ0n) is 15.5. The number of amides is 1. The van der Waals surface area contributed by atoms with Crippen LogP contribution in [-0.2, 0) is 7.05 Å². The van der Waals surface area contributed by atoms with Crippen LogP contribution in [0.4, 0.5) is 5.69 Å². The number of pyridine rings is 1. The number of hydrogen-bond acceptors (Lipinski definition) is 5. The molecule has 1 N–H and O–H groups in total. The van der Waals surface area contributed by atoms with Gasteiger partial charge in [0.2, 0.25) is 0 Å². The van der Waals surface area contributed by atoms with Crippen molar-refractivity contribution in [1.29, 1.82) is 0 Å². The first-order chi connectivity index (χ1) is 13.6. The average molecular weight is 389 g/mol. The number of hydrogen-bond donors (Lipinski definition) is 1. The van der Waals surface area contributed by atoms with Crippen molar-refractivity contribution in [1.82, 2.24) is 19.7 Å². The minimum absolute atomic E-state index is 0.142. The van der Waals surface area contributed by atoms with Gasteiger partial charge in [0.15, 0.2) is 5.16 Å². The maximum Gasteiger partial charge on any atom is 0.255 e. The van der Waals surface area contributed by atoms with Crippen LogP contribution >= 0.6 is 11.8 Å². The van der Waals surface area contributed by atoms with E-state index in [-0.39, 0.29) is 11.2 Å². The molecule has 6 nitrogen and oxygen atoms in total. The van der Waals surface area contributed by atoms with Gasteiger partial charge in [-0.25, -0.2) is 0 Å². The smallest absolute Gasteiger partial charge is 0.255 e. The minimum atomic E-state index is -0.142. The highest BCUT2D eigenvalue weighted by molar-refractivity contribution is 7.99. The van der Waals surface area contributed by atoms with Gasteiger partial charge in [-0.3, -0.25) is 9.78 Å². The van der Waals surface area contributed by atoms with E-state index in [1.54, 1.807) is 30.4 Å². The second kappa shape index (κ2) is 7.82. The van der Waals surface area contributed by atoms with Gasteiger partial charge in [-0.1, -0.05) is 30.0 Å². The Bertz CT molecular complexity index is 1140. The van der Waals surface area contributed by atoms with E-state index >= 15 is 0 Å². The summed E-state index contributed by atoms with van der Waals surface area (Å²) in [7, 11) is 1.92. The summed E-state index contributed by atoms with van der Waals surface area (Å²) < 4.78 is 1.89. The Hall–Kier alpha value is -3.19. The molecule has 0 aliphatic carbocycles. The molecule has 4 aromatic rings. The number of aromatic nitrogens is 4. The normalized spacial score (nSPS) is 12.1. The molecule has 2 aromatic heterocycles. The van der Waals surface area contributed by atoms with Crippen molar-refractivity contribution < 1.29 is 4.79 Å². The number of carbonyl (C=O) groups excluding carboxylic acids is 1. The van der Waals surface area contributed by atoms with Gasteiger partial charge in [0.05, 0.1) is 5.52 Å². The Balaban J connectivity index is 1.50. The third kappa shape index (κ3) is 3.89. The molecule has 0 bridgehead atoms. The van der Waals surface area contributed by atoms with Crippen molar-refractivity contribution in [3.05, 3.63) is 78.2 Å². The summed E-state index contributed by atoms with van der Waals surface area (Å²) in [5.41, 5.74) is 3.34. The maximum absolute atomic E-state index is 12.7. The Morgan fingerprint density at radius 1 is 1.14 bits per heavy atom. The van der Waals surface area contributed by atoms with Crippen molar-refractivity contribution in [3.63, 3.8) is 0 Å². The zero-order chi connectivity index (χ0) is 19.5. The number of benzene rings is 2. The standard InChI is InChI=1S/C21H19N5OS/c1-14(28-21-25-23-13-26(21)2)15-5-3-7-18(12-15)24-20(27)17-8-9-19-16(11-17)6-4-10-22-19/h3-14H,1-2H3,(H,24,27). The molecule has 0 spiro atoms. The largest absolute Gasteiger partial charge is 0.322 e. The molecule has 4 rings (SSSR count). The monoisotopic (exact) mass is 389 g/mol. The van der Waals surface area contributed by atoms with E-state index in [0.717, 1.165) is 27.3 Å². The van der Waals surface area contributed by atoms with E-state index in [1.165, 1.54) is 0 Å². The number of rotatable bonds is 5. The molecule has 0 saturated carbocycles. The summed E-state index contributed by atoms with van der Waals surface area (Å²) >= 11 is 1.63. The number of nitrogens with zero attached hydrogens (tertiary/aromatic N) is 4. The van der Waals surface area contributed by atoms with Gasteiger partial charge in [-0.05, 0) is 48.9 Å². The Kier molecular flexibility index (Phi) is 5.08. The van der Waals surface area contributed by atoms with Crippen LogP contribution in [0.5, 0.6) is 0 Å². The van der Waals surface area contributed by atoms with Crippen LogP contribution in [0.25, 0.3) is 10.9 Å². The summed E-state index contributed by atoms with van der Waals surface area (Å²) in [6.45, 7) is 2.11. The van der Waals surface area contributed by atoms with Crippen LogP contribution in [0, 0.1) is 0 Å². The molecule has 0 aliphatic heterocycles. The minimum Gasteiger partial charge on any atom is -0.322 e. The lowest BCUT2D eigenvalue weighted by Gasteiger charge is -2.13. The molecular weight excluding hydrogens is 370 g/mol. The number of aryl methyl sites for hydroxylation is 1. The first kappa shape index (κ1) is 18.2. The maximum atomic E-state index is 12.7. The number of nitrogens with one attached hydrogen (secondary N) is 1. The molecule has 140 valence electrons. The quantitative estimate of drug-likeness (QED) is 0.510. The molecule has 1 amide bonds. The topological polar surface area (TPSA) is 72.7 Å². The van der Waals surface area contributed by atoms with Crippen LogP contribution < -0.4 is 5.32 Å². The molecule has 0 saturated heterocycles. The van der Waals surface area contributed by atoms with Crippen LogP contribution in [0.15, 0.2) is 72.3 Å². The number of fused-ring (bicyclic) bond motifs is 1. The molecule has 2 heterocycles. The summed E-state index contributed by atoms with van der Waals surface area (Å²) in [5.74, 6) is -0.142. The molecule has 0 fully saturated rings. The Morgan fingerprint density at radius 2 is 2.04 bits per heavy atom.